The molecule has 0 aromatic carbocycles. The van der Waals surface area contributed by atoms with Crippen LogP contribution in [0.5, 0.6) is 0 Å². The number of carbonyl (C=O) groups excluding carboxylic acids is 1. The average Bonchev–Trinajstić information content (AvgIpc) is 3.04. The number of nitrogens with one attached hydrogen (secondary N) is 1. The predicted molar refractivity (Wildman–Crippen MR) is 65.6 cm³/mol. The van der Waals surface area contributed by atoms with Crippen molar-refractivity contribution >= 4 is 17.2 Å². The Bertz CT molecular complexity index is 510. The Morgan fingerprint density at radius 1 is 1.67 bits per heavy atom. The first-order valence-electron chi connectivity index (χ1n) is 5.42. The van der Waals surface area contributed by atoms with Crippen molar-refractivity contribution in [2.45, 2.75) is 6.92 Å². The summed E-state index contributed by atoms with van der Waals surface area (Å²) >= 11 is 1.32. The van der Waals surface area contributed by atoms with Crippen molar-refractivity contribution in [2.24, 2.45) is 5.92 Å². The zero-order valence-electron chi connectivity index (χ0n) is 9.78. The Kier molecular flexibility index (Phi) is 4.00. The van der Waals surface area contributed by atoms with Gasteiger partial charge in [-0.3, -0.25) is 4.79 Å². The van der Waals surface area contributed by atoms with E-state index in [-0.39, 0.29) is 18.4 Å². The highest BCUT2D eigenvalue weighted by molar-refractivity contribution is 7.12. The molecule has 0 saturated heterocycles. The van der Waals surface area contributed by atoms with Crippen molar-refractivity contribution < 1.29 is 9.90 Å². The van der Waals surface area contributed by atoms with Crippen LogP contribution < -0.4 is 5.32 Å². The lowest BCUT2D eigenvalue weighted by atomic mass is 10.2. The van der Waals surface area contributed by atoms with Gasteiger partial charge >= 0.3 is 0 Å². The minimum atomic E-state index is -0.184. The highest BCUT2D eigenvalue weighted by atomic mass is 32.1. The summed E-state index contributed by atoms with van der Waals surface area (Å²) in [6.45, 7) is 2.34. The highest BCUT2D eigenvalue weighted by Gasteiger charge is 2.15. The molecule has 2 rings (SSSR count). The van der Waals surface area contributed by atoms with Gasteiger partial charge in [-0.1, -0.05) is 6.92 Å². The van der Waals surface area contributed by atoms with Crippen molar-refractivity contribution in [3.63, 3.8) is 0 Å². The van der Waals surface area contributed by atoms with Crippen LogP contribution in [0.4, 0.5) is 0 Å². The molecule has 1 unspecified atom stereocenters. The van der Waals surface area contributed by atoms with Crippen LogP contribution in [0.1, 0.15) is 16.6 Å². The van der Waals surface area contributed by atoms with E-state index in [0.29, 0.717) is 17.1 Å². The molecule has 8 heteroatoms. The number of thiophene rings is 1. The van der Waals surface area contributed by atoms with Crippen LogP contribution in [0.2, 0.25) is 0 Å². The van der Waals surface area contributed by atoms with Crippen LogP contribution in [-0.2, 0) is 0 Å². The Hall–Kier alpha value is -1.80. The number of aliphatic hydroxyl groups is 1. The normalized spacial score (nSPS) is 12.3. The maximum Gasteiger partial charge on any atom is 0.263 e. The molecule has 0 aliphatic carbocycles. The smallest absolute Gasteiger partial charge is 0.263 e. The largest absolute Gasteiger partial charge is 0.396 e. The molecule has 18 heavy (non-hydrogen) atoms. The molecule has 0 radical (unpaired) electrons. The molecule has 0 spiro atoms. The topological polar surface area (TPSA) is 92.9 Å². The minimum Gasteiger partial charge on any atom is -0.396 e. The van der Waals surface area contributed by atoms with E-state index in [1.54, 1.807) is 11.4 Å². The van der Waals surface area contributed by atoms with Crippen molar-refractivity contribution in [1.82, 2.24) is 25.5 Å². The summed E-state index contributed by atoms with van der Waals surface area (Å²) in [5, 5.41) is 24.3. The summed E-state index contributed by atoms with van der Waals surface area (Å²) in [7, 11) is 0. The van der Waals surface area contributed by atoms with Crippen LogP contribution >= 0.6 is 11.3 Å². The van der Waals surface area contributed by atoms with Gasteiger partial charge in [0.25, 0.3) is 5.91 Å². The van der Waals surface area contributed by atoms with Gasteiger partial charge in [0.1, 0.15) is 11.2 Å². The molecule has 2 aromatic rings. The van der Waals surface area contributed by atoms with Gasteiger partial charge in [0.05, 0.1) is 5.69 Å². The summed E-state index contributed by atoms with van der Waals surface area (Å²) in [6, 6.07) is 1.78. The number of amides is 1. The van der Waals surface area contributed by atoms with Gasteiger partial charge in [0.15, 0.2) is 0 Å². The number of hydrogen-bond acceptors (Lipinski definition) is 6. The molecular weight excluding hydrogens is 254 g/mol. The number of rotatable bonds is 5. The van der Waals surface area contributed by atoms with Gasteiger partial charge in [-0.05, 0) is 27.8 Å². The molecule has 2 N–H and O–H groups in total. The molecule has 0 bridgehead atoms. The van der Waals surface area contributed by atoms with Crippen molar-refractivity contribution in [3.8, 4) is 5.69 Å². The van der Waals surface area contributed by atoms with E-state index in [1.165, 1.54) is 22.3 Å². The molecule has 0 saturated carbocycles. The molecule has 1 amide bonds. The summed E-state index contributed by atoms with van der Waals surface area (Å²) in [5.74, 6) is -0.152. The van der Waals surface area contributed by atoms with Crippen molar-refractivity contribution in [3.05, 3.63) is 22.7 Å². The first-order valence-corrected chi connectivity index (χ1v) is 6.30. The molecule has 0 aliphatic heterocycles. The molecule has 7 nitrogen and oxygen atoms in total. The molecule has 0 fully saturated rings. The molecular formula is C10H13N5O2S. The van der Waals surface area contributed by atoms with E-state index in [0.717, 1.165) is 0 Å². The monoisotopic (exact) mass is 267 g/mol. The zero-order valence-corrected chi connectivity index (χ0v) is 10.6. The van der Waals surface area contributed by atoms with Crippen LogP contribution in [0, 0.1) is 5.92 Å². The lowest BCUT2D eigenvalue weighted by Crippen LogP contribution is -2.29. The first-order chi connectivity index (χ1) is 8.72. The second kappa shape index (κ2) is 5.69. The van der Waals surface area contributed by atoms with Crippen molar-refractivity contribution in [1.29, 1.82) is 0 Å². The van der Waals surface area contributed by atoms with E-state index < -0.39 is 0 Å². The molecule has 2 aromatic heterocycles. The van der Waals surface area contributed by atoms with Crippen molar-refractivity contribution in [2.75, 3.05) is 13.2 Å². The van der Waals surface area contributed by atoms with E-state index in [2.05, 4.69) is 20.8 Å². The number of nitrogens with zero attached hydrogens (tertiary/aromatic N) is 4. The van der Waals surface area contributed by atoms with Gasteiger partial charge in [-0.25, -0.2) is 0 Å². The Morgan fingerprint density at radius 3 is 3.17 bits per heavy atom. The quantitative estimate of drug-likeness (QED) is 0.800. The summed E-state index contributed by atoms with van der Waals surface area (Å²) < 4.78 is 1.45. The second-order valence-corrected chi connectivity index (χ2v) is 4.80. The molecule has 0 aliphatic rings. The fourth-order valence-electron chi connectivity index (χ4n) is 1.34. The van der Waals surface area contributed by atoms with Crippen LogP contribution in [-0.4, -0.2) is 44.4 Å². The first kappa shape index (κ1) is 12.7. The van der Waals surface area contributed by atoms with Crippen LogP contribution in [0.25, 0.3) is 5.69 Å². The molecule has 1 atom stereocenters. The molecule has 2 heterocycles. The number of hydrogen-bond donors (Lipinski definition) is 2. The standard InChI is InChI=1S/C10H13N5O2S/c1-7(5-16)4-11-10(17)9-8(2-3-18-9)15-6-12-13-14-15/h2-3,6-7,16H,4-5H2,1H3,(H,11,17). The van der Waals surface area contributed by atoms with Crippen LogP contribution in [0.3, 0.4) is 0 Å². The second-order valence-electron chi connectivity index (χ2n) is 3.89. The number of carbonyl (C=O) groups is 1. The van der Waals surface area contributed by atoms with Gasteiger partial charge in [-0.15, -0.1) is 16.4 Å². The lowest BCUT2D eigenvalue weighted by Gasteiger charge is -2.09. The molecule has 96 valence electrons. The minimum absolute atomic E-state index is 0.0328. The fourth-order valence-corrected chi connectivity index (χ4v) is 2.13. The maximum absolute atomic E-state index is 12.0. The average molecular weight is 267 g/mol. The Morgan fingerprint density at radius 2 is 2.50 bits per heavy atom. The lowest BCUT2D eigenvalue weighted by molar-refractivity contribution is 0.0946. The van der Waals surface area contributed by atoms with Gasteiger partial charge in [0.2, 0.25) is 0 Å². The highest BCUT2D eigenvalue weighted by Crippen LogP contribution is 2.19. The number of aromatic nitrogens is 4. The third-order valence-electron chi connectivity index (χ3n) is 2.37. The van der Waals surface area contributed by atoms with E-state index >= 15 is 0 Å². The van der Waals surface area contributed by atoms with E-state index in [9.17, 15) is 4.79 Å². The third-order valence-corrected chi connectivity index (χ3v) is 3.27. The summed E-state index contributed by atoms with van der Waals surface area (Å²) in [5.41, 5.74) is 0.652. The summed E-state index contributed by atoms with van der Waals surface area (Å²) in [4.78, 5) is 12.5. The SMILES string of the molecule is CC(CO)CNC(=O)c1sccc1-n1cnnn1. The fraction of sp³-hybridized carbons (Fsp3) is 0.400. The summed E-state index contributed by atoms with van der Waals surface area (Å²) in [6.07, 6.45) is 1.44. The Labute approximate surface area is 107 Å². The maximum atomic E-state index is 12.0. The van der Waals surface area contributed by atoms with Gasteiger partial charge in [0, 0.05) is 13.2 Å². The van der Waals surface area contributed by atoms with E-state index in [1.807, 2.05) is 6.92 Å². The predicted octanol–water partition coefficient (Wildman–Crippen LogP) is 0.0820. The van der Waals surface area contributed by atoms with Gasteiger partial charge in [-0.2, -0.15) is 4.68 Å². The number of tetrazole rings is 1. The zero-order chi connectivity index (χ0) is 13.0. The number of aliphatic hydroxyl groups excluding tert-OH is 1. The van der Waals surface area contributed by atoms with Gasteiger partial charge < -0.3 is 10.4 Å². The van der Waals surface area contributed by atoms with E-state index in [4.69, 9.17) is 5.11 Å². The third kappa shape index (κ3) is 2.71. The van der Waals surface area contributed by atoms with Crippen LogP contribution in [0.15, 0.2) is 17.8 Å². The Balaban J connectivity index is 2.10.